The van der Waals surface area contributed by atoms with E-state index < -0.39 is 0 Å². The Balaban J connectivity index is 1.73. The molecule has 1 aliphatic rings. The minimum atomic E-state index is 0.265. The Hall–Kier alpha value is -2.60. The van der Waals surface area contributed by atoms with Crippen LogP contribution in [0, 0.1) is 6.92 Å². The van der Waals surface area contributed by atoms with Gasteiger partial charge in [-0.1, -0.05) is 36.5 Å². The molecule has 2 heterocycles. The average Bonchev–Trinajstić information content (AvgIpc) is 3.10. The Bertz CT molecular complexity index is 916. The fourth-order valence-electron chi connectivity index (χ4n) is 2.79. The van der Waals surface area contributed by atoms with E-state index in [1.165, 1.54) is 0 Å². The van der Waals surface area contributed by atoms with Gasteiger partial charge in [0.1, 0.15) is 10.8 Å². The lowest BCUT2D eigenvalue weighted by Gasteiger charge is -2.08. The summed E-state index contributed by atoms with van der Waals surface area (Å²) >= 11 is 4.99. The molecule has 0 aliphatic carbocycles. The molecule has 1 aromatic heterocycles. The van der Waals surface area contributed by atoms with Crippen molar-refractivity contribution in [1.29, 1.82) is 0 Å². The van der Waals surface area contributed by atoms with Crippen LogP contribution in [0.4, 0.5) is 0 Å². The summed E-state index contributed by atoms with van der Waals surface area (Å²) in [5, 5.41) is 0. The molecule has 0 saturated carbocycles. The molecule has 0 amide bonds. The molecule has 1 aliphatic heterocycles. The Labute approximate surface area is 138 Å². The van der Waals surface area contributed by atoms with E-state index in [2.05, 4.69) is 9.55 Å². The van der Waals surface area contributed by atoms with Crippen molar-refractivity contribution in [1.82, 2.24) is 9.55 Å². The monoisotopic (exact) mass is 325 g/mol. The largest absolute Gasteiger partial charge is 0.454 e. The first-order chi connectivity index (χ1) is 11.1. The number of nitrogens with two attached hydrogens (primary N) is 1. The van der Waals surface area contributed by atoms with Gasteiger partial charge in [-0.2, -0.15) is 0 Å². The normalized spacial score (nSPS) is 12.7. The topological polar surface area (TPSA) is 62.3 Å². The number of ether oxygens (including phenoxy) is 2. The second-order valence-corrected chi connectivity index (χ2v) is 5.94. The lowest BCUT2D eigenvalue weighted by molar-refractivity contribution is 0.174. The Morgan fingerprint density at radius 3 is 2.61 bits per heavy atom. The summed E-state index contributed by atoms with van der Waals surface area (Å²) < 4.78 is 13.0. The van der Waals surface area contributed by atoms with Crippen molar-refractivity contribution in [3.63, 3.8) is 0 Å². The van der Waals surface area contributed by atoms with Crippen molar-refractivity contribution in [3.8, 4) is 11.5 Å². The van der Waals surface area contributed by atoms with Crippen LogP contribution in [0.1, 0.15) is 17.0 Å². The van der Waals surface area contributed by atoms with Crippen molar-refractivity contribution in [2.45, 2.75) is 13.5 Å². The molecule has 4 rings (SSSR count). The van der Waals surface area contributed by atoms with Gasteiger partial charge >= 0.3 is 0 Å². The number of nitrogens with zero attached hydrogens (tertiary/aromatic N) is 2. The van der Waals surface area contributed by atoms with Crippen molar-refractivity contribution in [3.05, 3.63) is 53.3 Å². The predicted octanol–water partition coefficient (Wildman–Crippen LogP) is 2.76. The number of hydrogen-bond donors (Lipinski definition) is 1. The smallest absolute Gasteiger partial charge is 0.231 e. The van der Waals surface area contributed by atoms with Gasteiger partial charge < -0.3 is 19.8 Å². The van der Waals surface area contributed by atoms with E-state index in [0.29, 0.717) is 4.99 Å². The second kappa shape index (κ2) is 5.24. The molecule has 0 radical (unpaired) electrons. The van der Waals surface area contributed by atoms with Crippen molar-refractivity contribution >= 4 is 28.2 Å². The molecule has 0 bridgehead atoms. The standard InChI is InChI=1S/C17H15N3O2S/c1-10-19-13-6-15-16(22-9-21-15)7-14(13)20(10)8-11-2-4-12(5-3-11)17(18)23/h2-7H,8-9H2,1H3,(H2,18,23). The van der Waals surface area contributed by atoms with Crippen molar-refractivity contribution in [2.24, 2.45) is 5.73 Å². The second-order valence-electron chi connectivity index (χ2n) is 5.50. The maximum absolute atomic E-state index is 5.64. The lowest BCUT2D eigenvalue weighted by Crippen LogP contribution is -2.09. The van der Waals surface area contributed by atoms with Gasteiger partial charge in [0, 0.05) is 24.2 Å². The van der Waals surface area contributed by atoms with Crippen LogP contribution in [0.25, 0.3) is 11.0 Å². The fourth-order valence-corrected chi connectivity index (χ4v) is 2.93. The van der Waals surface area contributed by atoms with E-state index in [1.807, 2.05) is 43.3 Å². The minimum absolute atomic E-state index is 0.265. The van der Waals surface area contributed by atoms with E-state index in [9.17, 15) is 0 Å². The number of aryl methyl sites for hydroxylation is 1. The van der Waals surface area contributed by atoms with Crippen LogP contribution in [-0.2, 0) is 6.54 Å². The summed E-state index contributed by atoms with van der Waals surface area (Å²) in [6.45, 7) is 2.98. The molecule has 116 valence electrons. The molecule has 0 saturated heterocycles. The molecule has 23 heavy (non-hydrogen) atoms. The molecule has 5 nitrogen and oxygen atoms in total. The number of fused-ring (bicyclic) bond motifs is 2. The first kappa shape index (κ1) is 14.0. The van der Waals surface area contributed by atoms with Gasteiger partial charge in [0.05, 0.1) is 11.0 Å². The Morgan fingerprint density at radius 1 is 1.22 bits per heavy atom. The number of benzene rings is 2. The van der Waals surface area contributed by atoms with Crippen LogP contribution in [0.15, 0.2) is 36.4 Å². The quantitative estimate of drug-likeness (QED) is 0.750. The summed E-state index contributed by atoms with van der Waals surface area (Å²) in [4.78, 5) is 5.03. The molecule has 0 spiro atoms. The number of hydrogen-bond acceptors (Lipinski definition) is 4. The summed E-state index contributed by atoms with van der Waals surface area (Å²) in [5.41, 5.74) is 9.61. The molecule has 3 aromatic rings. The van der Waals surface area contributed by atoms with E-state index >= 15 is 0 Å². The average molecular weight is 325 g/mol. The zero-order chi connectivity index (χ0) is 16.0. The molecule has 2 N–H and O–H groups in total. The summed E-state index contributed by atoms with van der Waals surface area (Å²) in [6.07, 6.45) is 0. The SMILES string of the molecule is Cc1nc2cc3c(cc2n1Cc1ccc(C(N)=S)cc1)OCO3. The van der Waals surface area contributed by atoms with Crippen LogP contribution < -0.4 is 15.2 Å². The third kappa shape index (κ3) is 2.41. The molecule has 2 aromatic carbocycles. The fraction of sp³-hybridized carbons (Fsp3) is 0.176. The molecule has 0 fully saturated rings. The van der Waals surface area contributed by atoms with Crippen molar-refractivity contribution in [2.75, 3.05) is 6.79 Å². The van der Waals surface area contributed by atoms with E-state index in [4.69, 9.17) is 27.4 Å². The maximum Gasteiger partial charge on any atom is 0.231 e. The van der Waals surface area contributed by atoms with Crippen LogP contribution in [0.2, 0.25) is 0 Å². The van der Waals surface area contributed by atoms with Crippen LogP contribution in [0.3, 0.4) is 0 Å². The summed E-state index contributed by atoms with van der Waals surface area (Å²) in [7, 11) is 0. The number of aromatic nitrogens is 2. The van der Waals surface area contributed by atoms with E-state index in [0.717, 1.165) is 46.0 Å². The highest BCUT2D eigenvalue weighted by atomic mass is 32.1. The van der Waals surface area contributed by atoms with Gasteiger partial charge in [0.15, 0.2) is 11.5 Å². The first-order valence-corrected chi connectivity index (χ1v) is 7.68. The van der Waals surface area contributed by atoms with Gasteiger partial charge in [0.2, 0.25) is 6.79 Å². The van der Waals surface area contributed by atoms with Gasteiger partial charge in [-0.25, -0.2) is 4.98 Å². The Morgan fingerprint density at radius 2 is 1.91 bits per heavy atom. The van der Waals surface area contributed by atoms with Gasteiger partial charge in [-0.15, -0.1) is 0 Å². The molecule has 0 unspecified atom stereocenters. The molecule has 0 atom stereocenters. The molecule has 6 heteroatoms. The lowest BCUT2D eigenvalue weighted by atomic mass is 10.1. The van der Waals surface area contributed by atoms with Crippen molar-refractivity contribution < 1.29 is 9.47 Å². The van der Waals surface area contributed by atoms with E-state index in [-0.39, 0.29) is 6.79 Å². The third-order valence-corrected chi connectivity index (χ3v) is 4.25. The van der Waals surface area contributed by atoms with Gasteiger partial charge in [-0.05, 0) is 12.5 Å². The van der Waals surface area contributed by atoms with Crippen LogP contribution >= 0.6 is 12.2 Å². The Kier molecular flexibility index (Phi) is 3.20. The van der Waals surface area contributed by atoms with E-state index in [1.54, 1.807) is 0 Å². The highest BCUT2D eigenvalue weighted by Gasteiger charge is 2.18. The summed E-state index contributed by atoms with van der Waals surface area (Å²) in [6, 6.07) is 11.9. The van der Waals surface area contributed by atoms with Crippen LogP contribution in [0.5, 0.6) is 11.5 Å². The number of rotatable bonds is 3. The highest BCUT2D eigenvalue weighted by molar-refractivity contribution is 7.80. The maximum atomic E-state index is 5.64. The summed E-state index contributed by atoms with van der Waals surface area (Å²) in [5.74, 6) is 2.47. The molecular weight excluding hydrogens is 310 g/mol. The predicted molar refractivity (Wildman–Crippen MR) is 92.0 cm³/mol. The first-order valence-electron chi connectivity index (χ1n) is 7.27. The zero-order valence-electron chi connectivity index (χ0n) is 12.6. The van der Waals surface area contributed by atoms with Crippen LogP contribution in [-0.4, -0.2) is 21.3 Å². The number of imidazole rings is 1. The highest BCUT2D eigenvalue weighted by Crippen LogP contribution is 2.36. The van der Waals surface area contributed by atoms with Gasteiger partial charge in [0.25, 0.3) is 0 Å². The van der Waals surface area contributed by atoms with Gasteiger partial charge in [-0.3, -0.25) is 0 Å². The zero-order valence-corrected chi connectivity index (χ0v) is 13.4. The minimum Gasteiger partial charge on any atom is -0.454 e. The number of thiocarbonyl (C=S) groups is 1. The third-order valence-electron chi connectivity index (χ3n) is 4.01. The molecular formula is C17H15N3O2S.